The van der Waals surface area contributed by atoms with Crippen molar-refractivity contribution < 1.29 is 5.11 Å². The molecule has 0 radical (unpaired) electrons. The fraction of sp³-hybridized carbons (Fsp3) is 0.444. The van der Waals surface area contributed by atoms with Gasteiger partial charge in [-0.15, -0.1) is 0 Å². The fourth-order valence-corrected chi connectivity index (χ4v) is 4.04. The maximum atomic E-state index is 11.1. The smallest absolute Gasteiger partial charge is 0.0741 e. The minimum absolute atomic E-state index is 0.454. The molecule has 2 aliphatic heterocycles. The van der Waals surface area contributed by atoms with E-state index in [0.29, 0.717) is 5.92 Å². The molecular weight excluding hydrogens is 246 g/mol. The summed E-state index contributed by atoms with van der Waals surface area (Å²) in [6, 6.07) is 15.0. The van der Waals surface area contributed by atoms with Crippen LogP contribution in [0.25, 0.3) is 10.8 Å². The van der Waals surface area contributed by atoms with Crippen LogP contribution >= 0.6 is 0 Å². The zero-order chi connectivity index (χ0) is 13.6. The van der Waals surface area contributed by atoms with Gasteiger partial charge in [0.05, 0.1) is 5.60 Å². The van der Waals surface area contributed by atoms with E-state index in [-0.39, 0.29) is 0 Å². The summed E-state index contributed by atoms with van der Waals surface area (Å²) in [6.45, 7) is 3.31. The van der Waals surface area contributed by atoms with Gasteiger partial charge in [0.25, 0.3) is 0 Å². The second-order valence-electron chi connectivity index (χ2n) is 6.45. The molecule has 2 bridgehead atoms. The summed E-state index contributed by atoms with van der Waals surface area (Å²) in [5.41, 5.74) is 0.794. The van der Waals surface area contributed by atoms with Crippen LogP contribution < -0.4 is 0 Å². The van der Waals surface area contributed by atoms with E-state index in [1.807, 2.05) is 0 Å². The molecule has 104 valence electrons. The number of hydrogen-bond donors (Lipinski definition) is 1. The molecule has 20 heavy (non-hydrogen) atoms. The highest BCUT2D eigenvalue weighted by Gasteiger charge is 2.44. The van der Waals surface area contributed by atoms with E-state index < -0.39 is 5.60 Å². The lowest BCUT2D eigenvalue weighted by Crippen LogP contribution is -2.47. The van der Waals surface area contributed by atoms with Gasteiger partial charge in [-0.2, -0.15) is 0 Å². The highest BCUT2D eigenvalue weighted by Crippen LogP contribution is 2.38. The molecule has 0 spiro atoms. The molecule has 0 aliphatic carbocycles. The summed E-state index contributed by atoms with van der Waals surface area (Å²) in [7, 11) is 0. The summed E-state index contributed by atoms with van der Waals surface area (Å²) in [5, 5.41) is 13.7. The molecule has 2 saturated heterocycles. The number of hydrogen-bond acceptors (Lipinski definition) is 2. The second kappa shape index (κ2) is 4.57. The first-order valence-electron chi connectivity index (χ1n) is 7.66. The zero-order valence-electron chi connectivity index (χ0n) is 11.8. The number of aliphatic hydroxyl groups is 1. The molecule has 1 N–H and O–H groups in total. The highest BCUT2D eigenvalue weighted by molar-refractivity contribution is 5.85. The first-order chi connectivity index (χ1) is 9.74. The standard InChI is InChI=1S/C18H21NO/c20-18(9-11-19-10-8-16(18)13-19)12-15-6-3-5-14-4-1-2-7-17(14)15/h1-7,16,20H,8-13H2. The van der Waals surface area contributed by atoms with E-state index in [0.717, 1.165) is 32.4 Å². The van der Waals surface area contributed by atoms with Crippen LogP contribution in [0.5, 0.6) is 0 Å². The van der Waals surface area contributed by atoms with Crippen molar-refractivity contribution in [3.05, 3.63) is 48.0 Å². The molecule has 2 aliphatic rings. The van der Waals surface area contributed by atoms with Crippen LogP contribution in [0.1, 0.15) is 18.4 Å². The maximum absolute atomic E-state index is 11.1. The number of benzene rings is 2. The molecule has 0 aromatic heterocycles. The second-order valence-corrected chi connectivity index (χ2v) is 6.45. The van der Waals surface area contributed by atoms with Crippen LogP contribution in [0.4, 0.5) is 0 Å². The van der Waals surface area contributed by atoms with Gasteiger partial charge in [-0.05, 0) is 35.7 Å². The Balaban J connectivity index is 1.70. The quantitative estimate of drug-likeness (QED) is 0.904. The van der Waals surface area contributed by atoms with E-state index in [1.54, 1.807) is 0 Å². The van der Waals surface area contributed by atoms with Crippen molar-refractivity contribution in [2.75, 3.05) is 19.6 Å². The van der Waals surface area contributed by atoms with E-state index in [2.05, 4.69) is 47.4 Å². The van der Waals surface area contributed by atoms with Crippen LogP contribution in [0.15, 0.2) is 42.5 Å². The summed E-state index contributed by atoms with van der Waals surface area (Å²) in [6.07, 6.45) is 2.87. The normalized spacial score (nSPS) is 32.6. The predicted molar refractivity (Wildman–Crippen MR) is 81.8 cm³/mol. The average molecular weight is 267 g/mol. The minimum Gasteiger partial charge on any atom is -0.389 e. The van der Waals surface area contributed by atoms with Gasteiger partial charge in [-0.25, -0.2) is 0 Å². The molecule has 2 aromatic rings. The number of rotatable bonds is 2. The monoisotopic (exact) mass is 267 g/mol. The molecular formula is C18H21NO. The fourth-order valence-electron chi connectivity index (χ4n) is 4.04. The third-order valence-corrected chi connectivity index (χ3v) is 5.27. The number of piperidine rings is 1. The Labute approximate surface area is 120 Å². The van der Waals surface area contributed by atoms with Gasteiger partial charge in [0.15, 0.2) is 0 Å². The Morgan fingerprint density at radius 3 is 2.90 bits per heavy atom. The third kappa shape index (κ3) is 1.95. The van der Waals surface area contributed by atoms with Crippen molar-refractivity contribution in [3.63, 3.8) is 0 Å². The van der Waals surface area contributed by atoms with Crippen molar-refractivity contribution in [1.82, 2.24) is 4.90 Å². The summed E-state index contributed by atoms with van der Waals surface area (Å²) < 4.78 is 0. The molecule has 2 heteroatoms. The van der Waals surface area contributed by atoms with E-state index >= 15 is 0 Å². The topological polar surface area (TPSA) is 23.5 Å². The first kappa shape index (κ1) is 12.4. The van der Waals surface area contributed by atoms with E-state index in [1.165, 1.54) is 22.9 Å². The van der Waals surface area contributed by atoms with Crippen LogP contribution in [0, 0.1) is 5.92 Å². The van der Waals surface area contributed by atoms with E-state index in [4.69, 9.17) is 0 Å². The Kier molecular flexibility index (Phi) is 2.83. The van der Waals surface area contributed by atoms with Gasteiger partial charge in [0, 0.05) is 25.4 Å². The van der Waals surface area contributed by atoms with Crippen molar-refractivity contribution in [3.8, 4) is 0 Å². The molecule has 0 amide bonds. The molecule has 2 aromatic carbocycles. The molecule has 3 atom stereocenters. The highest BCUT2D eigenvalue weighted by atomic mass is 16.3. The zero-order valence-corrected chi connectivity index (χ0v) is 11.8. The van der Waals surface area contributed by atoms with Gasteiger partial charge < -0.3 is 10.0 Å². The summed E-state index contributed by atoms with van der Waals surface area (Å²) in [5.74, 6) is 0.454. The molecule has 2 nitrogen and oxygen atoms in total. The third-order valence-electron chi connectivity index (χ3n) is 5.27. The van der Waals surface area contributed by atoms with Gasteiger partial charge >= 0.3 is 0 Å². The molecule has 3 unspecified atom stereocenters. The van der Waals surface area contributed by atoms with Crippen molar-refractivity contribution >= 4 is 10.8 Å². The largest absolute Gasteiger partial charge is 0.389 e. The minimum atomic E-state index is -0.503. The lowest BCUT2D eigenvalue weighted by atomic mass is 9.77. The molecule has 2 heterocycles. The molecule has 0 saturated carbocycles. The van der Waals surface area contributed by atoms with Crippen molar-refractivity contribution in [1.29, 1.82) is 0 Å². The van der Waals surface area contributed by atoms with Gasteiger partial charge in [-0.3, -0.25) is 0 Å². The Morgan fingerprint density at radius 2 is 1.95 bits per heavy atom. The summed E-state index contributed by atoms with van der Waals surface area (Å²) >= 11 is 0. The molecule has 2 fully saturated rings. The van der Waals surface area contributed by atoms with Crippen LogP contribution in [0.3, 0.4) is 0 Å². The van der Waals surface area contributed by atoms with E-state index in [9.17, 15) is 5.11 Å². The Bertz CT molecular complexity index is 633. The SMILES string of the molecule is OC1(Cc2cccc3ccccc23)CCN2CCC1C2. The molecule has 4 rings (SSSR count). The van der Waals surface area contributed by atoms with Crippen molar-refractivity contribution in [2.24, 2.45) is 5.92 Å². The van der Waals surface area contributed by atoms with Gasteiger partial charge in [0.2, 0.25) is 0 Å². The van der Waals surface area contributed by atoms with Crippen LogP contribution in [-0.2, 0) is 6.42 Å². The summed E-state index contributed by atoms with van der Waals surface area (Å²) in [4.78, 5) is 2.49. The average Bonchev–Trinajstić information content (AvgIpc) is 2.90. The van der Waals surface area contributed by atoms with Gasteiger partial charge in [0.1, 0.15) is 0 Å². The Morgan fingerprint density at radius 1 is 1.10 bits per heavy atom. The van der Waals surface area contributed by atoms with Crippen LogP contribution in [0.2, 0.25) is 0 Å². The van der Waals surface area contributed by atoms with Gasteiger partial charge in [-0.1, -0.05) is 42.5 Å². The maximum Gasteiger partial charge on any atom is 0.0741 e. The lowest BCUT2D eigenvalue weighted by Gasteiger charge is -2.39. The lowest BCUT2D eigenvalue weighted by molar-refractivity contribution is -0.0436. The van der Waals surface area contributed by atoms with Crippen LogP contribution in [-0.4, -0.2) is 35.2 Å². The Hall–Kier alpha value is -1.38. The number of fused-ring (bicyclic) bond motifs is 3. The first-order valence-corrected chi connectivity index (χ1v) is 7.66. The number of nitrogens with zero attached hydrogens (tertiary/aromatic N) is 1. The predicted octanol–water partition coefficient (Wildman–Crippen LogP) is 2.84. The van der Waals surface area contributed by atoms with Crippen molar-refractivity contribution in [2.45, 2.75) is 24.9 Å².